The van der Waals surface area contributed by atoms with E-state index in [1.165, 1.54) is 16.2 Å². The summed E-state index contributed by atoms with van der Waals surface area (Å²) in [6, 6.07) is 1.02. The van der Waals surface area contributed by atoms with Crippen LogP contribution < -0.4 is 15.8 Å². The van der Waals surface area contributed by atoms with Gasteiger partial charge in [-0.3, -0.25) is 19.8 Å². The largest absolute Gasteiger partial charge is 0.384 e. The summed E-state index contributed by atoms with van der Waals surface area (Å²) in [5.41, 5.74) is 5.70. The number of amidine groups is 1. The molecule has 5 N–H and O–H groups in total. The van der Waals surface area contributed by atoms with Crippen molar-refractivity contribution >= 4 is 44.6 Å². The minimum Gasteiger partial charge on any atom is -0.384 e. The van der Waals surface area contributed by atoms with E-state index in [0.29, 0.717) is 24.9 Å². The molecule has 0 aromatic carbocycles. The SMILES string of the molecule is N=C(N)c1csc(CNC(=O)C2CCCN2C(=O)CNS(=O)(=O)C=O)c1. The molecule has 1 saturated heterocycles. The van der Waals surface area contributed by atoms with Gasteiger partial charge in [0.25, 0.3) is 10.0 Å². The van der Waals surface area contributed by atoms with Crippen molar-refractivity contribution in [3.8, 4) is 0 Å². The summed E-state index contributed by atoms with van der Waals surface area (Å²) in [7, 11) is -4.14. The molecule has 0 radical (unpaired) electrons. The first-order chi connectivity index (χ1) is 12.2. The van der Waals surface area contributed by atoms with Gasteiger partial charge in [0.2, 0.25) is 17.4 Å². The average Bonchev–Trinajstić information content (AvgIpc) is 3.27. The lowest BCUT2D eigenvalue weighted by Gasteiger charge is -2.23. The van der Waals surface area contributed by atoms with E-state index < -0.39 is 28.5 Å². The van der Waals surface area contributed by atoms with Crippen LogP contribution in [0.25, 0.3) is 0 Å². The third-order valence-electron chi connectivity index (χ3n) is 3.83. The van der Waals surface area contributed by atoms with Crippen molar-refractivity contribution in [2.45, 2.75) is 25.4 Å². The van der Waals surface area contributed by atoms with Crippen LogP contribution in [0.2, 0.25) is 0 Å². The van der Waals surface area contributed by atoms with Gasteiger partial charge < -0.3 is 16.0 Å². The molecule has 1 aliphatic rings. The number of rotatable bonds is 8. The number of hydrogen-bond acceptors (Lipinski definition) is 7. The summed E-state index contributed by atoms with van der Waals surface area (Å²) in [6.07, 6.45) is 1.10. The quantitative estimate of drug-likeness (QED) is 0.242. The number of thiophene rings is 1. The van der Waals surface area contributed by atoms with Crippen molar-refractivity contribution in [3.05, 3.63) is 21.9 Å². The molecule has 2 rings (SSSR count). The summed E-state index contributed by atoms with van der Waals surface area (Å²) in [5, 5.41) is 11.8. The van der Waals surface area contributed by atoms with Crippen molar-refractivity contribution in [3.63, 3.8) is 0 Å². The molecule has 0 saturated carbocycles. The Morgan fingerprint density at radius 3 is 2.81 bits per heavy atom. The highest BCUT2D eigenvalue weighted by Crippen LogP contribution is 2.18. The predicted octanol–water partition coefficient (Wildman–Crippen LogP) is -1.25. The second-order valence-electron chi connectivity index (χ2n) is 5.64. The maximum absolute atomic E-state index is 12.4. The van der Waals surface area contributed by atoms with Gasteiger partial charge in [-0.25, -0.2) is 8.42 Å². The molecule has 1 fully saturated rings. The summed E-state index contributed by atoms with van der Waals surface area (Å²) in [6.45, 7) is 0.0120. The second-order valence-corrected chi connectivity index (χ2v) is 8.21. The number of hydrogen-bond donors (Lipinski definition) is 4. The first-order valence-electron chi connectivity index (χ1n) is 7.67. The second kappa shape index (κ2) is 8.38. The fraction of sp³-hybridized carbons (Fsp3) is 0.429. The van der Waals surface area contributed by atoms with E-state index in [9.17, 15) is 22.8 Å². The standard InChI is InChI=1S/C14H19N5O5S2/c15-13(16)9-4-10(25-7-9)5-17-14(22)11-2-1-3-19(11)12(21)6-18-26(23,24)8-20/h4,7-8,11,18H,1-3,5-6H2,(H3,15,16)(H,17,22). The number of nitrogens with one attached hydrogen (secondary N) is 3. The number of nitrogen functional groups attached to an aromatic ring is 1. The fourth-order valence-electron chi connectivity index (χ4n) is 2.54. The number of amides is 2. The molecule has 1 aliphatic heterocycles. The van der Waals surface area contributed by atoms with Crippen molar-refractivity contribution in [1.82, 2.24) is 14.9 Å². The summed E-state index contributed by atoms with van der Waals surface area (Å²) >= 11 is 1.36. The molecular formula is C14H19N5O5S2. The van der Waals surface area contributed by atoms with Crippen LogP contribution >= 0.6 is 11.3 Å². The third-order valence-corrected chi connectivity index (χ3v) is 5.57. The first kappa shape index (κ1) is 20.0. The molecule has 2 heterocycles. The molecule has 1 atom stereocenters. The van der Waals surface area contributed by atoms with E-state index in [-0.39, 0.29) is 23.9 Å². The van der Waals surface area contributed by atoms with Gasteiger partial charge in [0.1, 0.15) is 11.9 Å². The van der Waals surface area contributed by atoms with Crippen LogP contribution in [0.1, 0.15) is 23.3 Å². The Balaban J connectivity index is 1.91. The van der Waals surface area contributed by atoms with Gasteiger partial charge in [0, 0.05) is 22.4 Å². The lowest BCUT2D eigenvalue weighted by Crippen LogP contribution is -2.48. The minimum atomic E-state index is -4.14. The molecule has 1 aromatic rings. The zero-order valence-corrected chi connectivity index (χ0v) is 15.4. The fourth-order valence-corrected chi connectivity index (χ4v) is 3.76. The predicted molar refractivity (Wildman–Crippen MR) is 95.6 cm³/mol. The molecule has 0 spiro atoms. The van der Waals surface area contributed by atoms with Crippen molar-refractivity contribution in [2.75, 3.05) is 13.1 Å². The van der Waals surface area contributed by atoms with Crippen molar-refractivity contribution < 1.29 is 22.8 Å². The zero-order valence-electron chi connectivity index (χ0n) is 13.7. The lowest BCUT2D eigenvalue weighted by atomic mass is 10.2. The zero-order chi connectivity index (χ0) is 19.3. The first-order valence-corrected chi connectivity index (χ1v) is 10.1. The Kier molecular flexibility index (Phi) is 6.45. The smallest absolute Gasteiger partial charge is 0.271 e. The van der Waals surface area contributed by atoms with E-state index >= 15 is 0 Å². The van der Waals surface area contributed by atoms with Crippen LogP contribution in [0.4, 0.5) is 0 Å². The number of likely N-dealkylation sites (tertiary alicyclic amines) is 1. The highest BCUT2D eigenvalue weighted by Gasteiger charge is 2.34. The van der Waals surface area contributed by atoms with Gasteiger partial charge in [-0.15, -0.1) is 11.3 Å². The van der Waals surface area contributed by atoms with Crippen LogP contribution in [0.15, 0.2) is 11.4 Å². The average molecular weight is 401 g/mol. The molecule has 10 nitrogen and oxygen atoms in total. The van der Waals surface area contributed by atoms with Crippen LogP contribution in [0.5, 0.6) is 0 Å². The molecule has 1 aromatic heterocycles. The van der Waals surface area contributed by atoms with Gasteiger partial charge in [-0.1, -0.05) is 0 Å². The molecule has 26 heavy (non-hydrogen) atoms. The number of nitrogens with two attached hydrogens (primary N) is 1. The van der Waals surface area contributed by atoms with E-state index in [4.69, 9.17) is 11.1 Å². The third kappa shape index (κ3) is 5.09. The van der Waals surface area contributed by atoms with Crippen molar-refractivity contribution in [2.24, 2.45) is 5.73 Å². The summed E-state index contributed by atoms with van der Waals surface area (Å²) < 4.78 is 24.0. The van der Waals surface area contributed by atoms with E-state index in [1.54, 1.807) is 11.4 Å². The molecule has 0 aliphatic carbocycles. The van der Waals surface area contributed by atoms with Crippen molar-refractivity contribution in [1.29, 1.82) is 5.41 Å². The molecule has 1 unspecified atom stereocenters. The molecule has 142 valence electrons. The highest BCUT2D eigenvalue weighted by molar-refractivity contribution is 8.02. The van der Waals surface area contributed by atoms with Crippen LogP contribution in [0.3, 0.4) is 0 Å². The Hall–Kier alpha value is -2.31. The van der Waals surface area contributed by atoms with Crippen LogP contribution in [-0.2, 0) is 31.0 Å². The Bertz CT molecular complexity index is 819. The topological polar surface area (TPSA) is 163 Å². The lowest BCUT2D eigenvalue weighted by molar-refractivity contribution is -0.137. The molecule has 2 amide bonds. The van der Waals surface area contributed by atoms with E-state index in [2.05, 4.69) is 5.32 Å². The van der Waals surface area contributed by atoms with Gasteiger partial charge in [0.05, 0.1) is 13.1 Å². The Morgan fingerprint density at radius 2 is 2.19 bits per heavy atom. The number of carbonyl (C=O) groups is 3. The normalized spacial score (nSPS) is 17.1. The maximum Gasteiger partial charge on any atom is 0.271 e. The van der Waals surface area contributed by atoms with E-state index in [1.807, 2.05) is 4.72 Å². The molecule has 0 bridgehead atoms. The Labute approximate surface area is 154 Å². The van der Waals surface area contributed by atoms with Gasteiger partial charge in [-0.2, -0.15) is 4.72 Å². The molecule has 12 heteroatoms. The van der Waals surface area contributed by atoms with Gasteiger partial charge >= 0.3 is 0 Å². The van der Waals surface area contributed by atoms with Crippen LogP contribution in [-0.4, -0.2) is 55.7 Å². The number of sulfonamides is 1. The van der Waals surface area contributed by atoms with E-state index in [0.717, 1.165) is 4.88 Å². The monoisotopic (exact) mass is 401 g/mol. The summed E-state index contributed by atoms with van der Waals surface area (Å²) in [4.78, 5) is 37.0. The number of carbonyl (C=O) groups excluding carboxylic acids is 3. The highest BCUT2D eigenvalue weighted by atomic mass is 32.2. The van der Waals surface area contributed by atoms with Gasteiger partial charge in [-0.05, 0) is 18.9 Å². The minimum absolute atomic E-state index is 0.0517. The number of nitrogens with zero attached hydrogens (tertiary/aromatic N) is 1. The summed E-state index contributed by atoms with van der Waals surface area (Å²) in [5.74, 6) is -0.959. The Morgan fingerprint density at radius 1 is 1.46 bits per heavy atom. The molecular weight excluding hydrogens is 382 g/mol. The van der Waals surface area contributed by atoms with Crippen LogP contribution in [0, 0.1) is 5.41 Å². The van der Waals surface area contributed by atoms with Gasteiger partial charge in [0.15, 0.2) is 0 Å². The maximum atomic E-state index is 12.4.